The summed E-state index contributed by atoms with van der Waals surface area (Å²) >= 11 is 6.21. The highest BCUT2D eigenvalue weighted by atomic mass is 35.5. The normalized spacial score (nSPS) is 12.3. The van der Waals surface area contributed by atoms with E-state index in [1.807, 2.05) is 42.7 Å². The van der Waals surface area contributed by atoms with E-state index in [1.165, 1.54) is 6.07 Å². The largest absolute Gasteiger partial charge is 0.346 e. The topological polar surface area (TPSA) is 46.9 Å². The molecule has 2 aromatic carbocycles. The Hall–Kier alpha value is -2.40. The van der Waals surface area contributed by atoms with E-state index >= 15 is 0 Å². The molecule has 6 heteroatoms. The van der Waals surface area contributed by atoms with Crippen LogP contribution in [0.4, 0.5) is 4.39 Å². The number of nitrogens with zero attached hydrogens (tertiary/aromatic N) is 2. The minimum absolute atomic E-state index is 0.0254. The maximum atomic E-state index is 14.3. The number of aromatic nitrogens is 2. The first-order valence-electron chi connectivity index (χ1n) is 8.68. The van der Waals surface area contributed by atoms with Crippen LogP contribution in [0, 0.1) is 5.82 Å². The van der Waals surface area contributed by atoms with Crippen molar-refractivity contribution in [1.82, 2.24) is 14.9 Å². The number of para-hydroxylation sites is 2. The minimum Gasteiger partial charge on any atom is -0.346 e. The Morgan fingerprint density at radius 3 is 2.77 bits per heavy atom. The predicted octanol–water partition coefficient (Wildman–Crippen LogP) is 4.85. The molecule has 0 saturated heterocycles. The summed E-state index contributed by atoms with van der Waals surface area (Å²) in [6.07, 6.45) is 1.24. The molecule has 1 atom stereocenters. The van der Waals surface area contributed by atoms with Gasteiger partial charge in [-0.1, -0.05) is 36.7 Å². The zero-order chi connectivity index (χ0) is 18.7. The summed E-state index contributed by atoms with van der Waals surface area (Å²) in [5, 5.41) is 3.34. The Balaban J connectivity index is 2.04. The molecule has 0 aliphatic rings. The number of carbonyl (C=O) groups excluding carboxylic acids is 1. The zero-order valence-corrected chi connectivity index (χ0v) is 15.6. The van der Waals surface area contributed by atoms with Crippen LogP contribution in [-0.4, -0.2) is 15.5 Å². The SMILES string of the molecule is CCCC(=O)N[C@@H](C)c1nc2ccccc2n1Cc1c(F)cccc1Cl. The van der Waals surface area contributed by atoms with E-state index in [1.54, 1.807) is 12.1 Å². The summed E-state index contributed by atoms with van der Waals surface area (Å²) in [7, 11) is 0. The van der Waals surface area contributed by atoms with Gasteiger partial charge in [-0.2, -0.15) is 0 Å². The summed E-state index contributed by atoms with van der Waals surface area (Å²) in [5.41, 5.74) is 2.08. The Kier molecular flexibility index (Phi) is 5.57. The molecular weight excluding hydrogens is 353 g/mol. The highest BCUT2D eigenvalue weighted by molar-refractivity contribution is 6.31. The smallest absolute Gasteiger partial charge is 0.220 e. The Morgan fingerprint density at radius 1 is 1.27 bits per heavy atom. The molecule has 1 heterocycles. The van der Waals surface area contributed by atoms with E-state index in [0.29, 0.717) is 22.8 Å². The number of carbonyl (C=O) groups is 1. The third kappa shape index (κ3) is 3.73. The standard InChI is InChI=1S/C20H21ClFN3O/c1-3-7-19(26)23-13(2)20-24-17-10-4-5-11-18(17)25(20)12-14-15(21)8-6-9-16(14)22/h4-6,8-11,13H,3,7,12H2,1-2H3,(H,23,26)/t13-/m0/s1. The highest BCUT2D eigenvalue weighted by Crippen LogP contribution is 2.26. The minimum atomic E-state index is -0.357. The average Bonchev–Trinajstić information content (AvgIpc) is 2.97. The number of benzene rings is 2. The molecule has 1 aromatic heterocycles. The number of hydrogen-bond donors (Lipinski definition) is 1. The van der Waals surface area contributed by atoms with Crippen LogP contribution in [-0.2, 0) is 11.3 Å². The lowest BCUT2D eigenvalue weighted by atomic mass is 10.2. The van der Waals surface area contributed by atoms with Crippen molar-refractivity contribution in [2.75, 3.05) is 0 Å². The molecule has 0 fully saturated rings. The molecule has 1 amide bonds. The van der Waals surface area contributed by atoms with Gasteiger partial charge in [-0.05, 0) is 37.6 Å². The second kappa shape index (κ2) is 7.87. The van der Waals surface area contributed by atoms with Crippen LogP contribution in [0.2, 0.25) is 5.02 Å². The maximum Gasteiger partial charge on any atom is 0.220 e. The van der Waals surface area contributed by atoms with Gasteiger partial charge in [0.15, 0.2) is 0 Å². The van der Waals surface area contributed by atoms with Crippen LogP contribution in [0.15, 0.2) is 42.5 Å². The van der Waals surface area contributed by atoms with Gasteiger partial charge >= 0.3 is 0 Å². The van der Waals surface area contributed by atoms with Crippen molar-refractivity contribution in [3.8, 4) is 0 Å². The third-order valence-electron chi connectivity index (χ3n) is 4.30. The Labute approximate surface area is 157 Å². The summed E-state index contributed by atoms with van der Waals surface area (Å²) in [6, 6.07) is 12.0. The summed E-state index contributed by atoms with van der Waals surface area (Å²) in [4.78, 5) is 16.7. The van der Waals surface area contributed by atoms with Crippen molar-refractivity contribution in [1.29, 1.82) is 0 Å². The molecule has 4 nitrogen and oxygen atoms in total. The fraction of sp³-hybridized carbons (Fsp3) is 0.300. The fourth-order valence-corrected chi connectivity index (χ4v) is 3.26. The van der Waals surface area contributed by atoms with Crippen molar-refractivity contribution in [3.05, 3.63) is 64.7 Å². The van der Waals surface area contributed by atoms with Crippen LogP contribution >= 0.6 is 11.6 Å². The Morgan fingerprint density at radius 2 is 2.04 bits per heavy atom. The van der Waals surface area contributed by atoms with Crippen molar-refractivity contribution in [2.24, 2.45) is 0 Å². The van der Waals surface area contributed by atoms with Crippen molar-refractivity contribution in [3.63, 3.8) is 0 Å². The number of amides is 1. The van der Waals surface area contributed by atoms with Crippen LogP contribution in [0.1, 0.15) is 44.1 Å². The lowest BCUT2D eigenvalue weighted by Gasteiger charge is -2.17. The number of nitrogens with one attached hydrogen (secondary N) is 1. The van der Waals surface area contributed by atoms with Gasteiger partial charge in [-0.3, -0.25) is 4.79 Å². The number of imidazole rings is 1. The van der Waals surface area contributed by atoms with E-state index in [0.717, 1.165) is 17.5 Å². The number of halogens is 2. The molecule has 0 bridgehead atoms. The third-order valence-corrected chi connectivity index (χ3v) is 4.66. The van der Waals surface area contributed by atoms with Gasteiger partial charge in [-0.25, -0.2) is 9.37 Å². The van der Waals surface area contributed by atoms with E-state index in [2.05, 4.69) is 10.3 Å². The quantitative estimate of drug-likeness (QED) is 0.671. The summed E-state index contributed by atoms with van der Waals surface area (Å²) < 4.78 is 16.2. The molecule has 0 aliphatic heterocycles. The van der Waals surface area contributed by atoms with E-state index in [-0.39, 0.29) is 24.3 Å². The fourth-order valence-electron chi connectivity index (χ4n) is 3.04. The predicted molar refractivity (Wildman–Crippen MR) is 102 cm³/mol. The first kappa shape index (κ1) is 18.4. The van der Waals surface area contributed by atoms with Crippen LogP contribution < -0.4 is 5.32 Å². The van der Waals surface area contributed by atoms with Crippen molar-refractivity contribution < 1.29 is 9.18 Å². The van der Waals surface area contributed by atoms with Crippen LogP contribution in [0.5, 0.6) is 0 Å². The molecule has 0 unspecified atom stereocenters. The van der Waals surface area contributed by atoms with Crippen molar-refractivity contribution in [2.45, 2.75) is 39.3 Å². The maximum absolute atomic E-state index is 14.3. The molecule has 0 spiro atoms. The molecular formula is C20H21ClFN3O. The van der Waals surface area contributed by atoms with Crippen molar-refractivity contribution >= 4 is 28.5 Å². The highest BCUT2D eigenvalue weighted by Gasteiger charge is 2.20. The van der Waals surface area contributed by atoms with Gasteiger partial charge in [0.1, 0.15) is 11.6 Å². The molecule has 26 heavy (non-hydrogen) atoms. The van der Waals surface area contributed by atoms with E-state index in [4.69, 9.17) is 11.6 Å². The molecule has 0 saturated carbocycles. The van der Waals surface area contributed by atoms with Gasteiger partial charge in [0.25, 0.3) is 0 Å². The second-order valence-electron chi connectivity index (χ2n) is 6.28. The van der Waals surface area contributed by atoms with E-state index < -0.39 is 0 Å². The molecule has 0 aliphatic carbocycles. The number of fused-ring (bicyclic) bond motifs is 1. The average molecular weight is 374 g/mol. The molecule has 3 rings (SSSR count). The van der Waals surface area contributed by atoms with Gasteiger partial charge in [0, 0.05) is 17.0 Å². The summed E-state index contributed by atoms with van der Waals surface area (Å²) in [5.74, 6) is 0.293. The van der Waals surface area contributed by atoms with Gasteiger partial charge < -0.3 is 9.88 Å². The molecule has 3 aromatic rings. The van der Waals surface area contributed by atoms with Gasteiger partial charge in [0.2, 0.25) is 5.91 Å². The number of hydrogen-bond acceptors (Lipinski definition) is 2. The van der Waals surface area contributed by atoms with Crippen LogP contribution in [0.3, 0.4) is 0 Å². The van der Waals surface area contributed by atoms with Gasteiger partial charge in [0.05, 0.1) is 23.6 Å². The molecule has 136 valence electrons. The second-order valence-corrected chi connectivity index (χ2v) is 6.69. The molecule has 0 radical (unpaired) electrons. The zero-order valence-electron chi connectivity index (χ0n) is 14.8. The molecule has 1 N–H and O–H groups in total. The Bertz CT molecular complexity index is 918. The van der Waals surface area contributed by atoms with Crippen LogP contribution in [0.25, 0.3) is 11.0 Å². The first-order valence-corrected chi connectivity index (χ1v) is 9.06. The van der Waals surface area contributed by atoms with E-state index in [9.17, 15) is 9.18 Å². The lowest BCUT2D eigenvalue weighted by Crippen LogP contribution is -2.28. The van der Waals surface area contributed by atoms with Gasteiger partial charge in [-0.15, -0.1) is 0 Å². The first-order chi connectivity index (χ1) is 12.5. The lowest BCUT2D eigenvalue weighted by molar-refractivity contribution is -0.121. The summed E-state index contributed by atoms with van der Waals surface area (Å²) in [6.45, 7) is 4.09. The number of rotatable bonds is 6. The monoisotopic (exact) mass is 373 g/mol.